The van der Waals surface area contributed by atoms with Crippen LogP contribution in [0.1, 0.15) is 39.2 Å². The van der Waals surface area contributed by atoms with Crippen LogP contribution in [0.2, 0.25) is 0 Å². The molecule has 0 aromatic heterocycles. The van der Waals surface area contributed by atoms with Gasteiger partial charge in [0.25, 0.3) is 0 Å². The van der Waals surface area contributed by atoms with Gasteiger partial charge in [0.15, 0.2) is 0 Å². The van der Waals surface area contributed by atoms with Gasteiger partial charge in [0.1, 0.15) is 0 Å². The van der Waals surface area contributed by atoms with Gasteiger partial charge >= 0.3 is 0 Å². The van der Waals surface area contributed by atoms with E-state index in [-0.39, 0.29) is 0 Å². The van der Waals surface area contributed by atoms with Gasteiger partial charge in [-0.25, -0.2) is 0 Å². The Morgan fingerprint density at radius 1 is 1.26 bits per heavy atom. The minimum absolute atomic E-state index is 0.315. The average molecular weight is 372 g/mol. The van der Waals surface area contributed by atoms with E-state index in [2.05, 4.69) is 77.8 Å². The van der Waals surface area contributed by atoms with Gasteiger partial charge in [-0.1, -0.05) is 26.0 Å². The summed E-state index contributed by atoms with van der Waals surface area (Å²) >= 11 is 2.37. The van der Waals surface area contributed by atoms with E-state index in [0.29, 0.717) is 11.6 Å². The molecule has 1 aromatic rings. The van der Waals surface area contributed by atoms with E-state index in [1.807, 2.05) is 0 Å². The van der Waals surface area contributed by atoms with Crippen molar-refractivity contribution in [3.63, 3.8) is 0 Å². The maximum absolute atomic E-state index is 3.76. The zero-order valence-electron chi connectivity index (χ0n) is 12.2. The minimum atomic E-state index is 0.315. The molecule has 19 heavy (non-hydrogen) atoms. The van der Waals surface area contributed by atoms with Crippen molar-refractivity contribution < 1.29 is 0 Å². The van der Waals surface area contributed by atoms with Crippen LogP contribution < -0.4 is 5.32 Å². The highest BCUT2D eigenvalue weighted by molar-refractivity contribution is 14.1. The number of hydrogen-bond donors (Lipinski definition) is 1. The highest BCUT2D eigenvalue weighted by Crippen LogP contribution is 2.24. The Morgan fingerprint density at radius 3 is 2.47 bits per heavy atom. The molecule has 1 aliphatic heterocycles. The SMILES string of the molecule is CCC1(CC)CN(Cc2ccc(I)cc2)C(C)CN1. The summed E-state index contributed by atoms with van der Waals surface area (Å²) in [6.45, 7) is 10.3. The van der Waals surface area contributed by atoms with E-state index < -0.39 is 0 Å². The normalized spacial score (nSPS) is 23.5. The number of halogens is 1. The largest absolute Gasteiger partial charge is 0.308 e. The van der Waals surface area contributed by atoms with E-state index in [4.69, 9.17) is 0 Å². The van der Waals surface area contributed by atoms with Crippen LogP contribution in [0.5, 0.6) is 0 Å². The monoisotopic (exact) mass is 372 g/mol. The predicted molar refractivity (Wildman–Crippen MR) is 90.3 cm³/mol. The number of nitrogens with one attached hydrogen (secondary N) is 1. The molecule has 1 aromatic carbocycles. The molecular formula is C16H25IN2. The van der Waals surface area contributed by atoms with Gasteiger partial charge < -0.3 is 5.32 Å². The summed E-state index contributed by atoms with van der Waals surface area (Å²) in [4.78, 5) is 2.63. The van der Waals surface area contributed by atoms with Crippen molar-refractivity contribution in [2.24, 2.45) is 0 Å². The van der Waals surface area contributed by atoms with E-state index in [9.17, 15) is 0 Å². The average Bonchev–Trinajstić information content (AvgIpc) is 2.44. The molecule has 1 atom stereocenters. The van der Waals surface area contributed by atoms with Crippen LogP contribution in [0, 0.1) is 3.57 Å². The topological polar surface area (TPSA) is 15.3 Å². The molecule has 0 saturated carbocycles. The summed E-state index contributed by atoms with van der Waals surface area (Å²) < 4.78 is 1.31. The van der Waals surface area contributed by atoms with Gasteiger partial charge in [0, 0.05) is 34.8 Å². The summed E-state index contributed by atoms with van der Waals surface area (Å²) in [6.07, 6.45) is 2.42. The van der Waals surface area contributed by atoms with E-state index >= 15 is 0 Å². The first-order valence-corrected chi connectivity index (χ1v) is 8.40. The number of benzene rings is 1. The van der Waals surface area contributed by atoms with Crippen molar-refractivity contribution >= 4 is 22.6 Å². The van der Waals surface area contributed by atoms with Gasteiger partial charge in [0.2, 0.25) is 0 Å². The molecule has 0 bridgehead atoms. The van der Waals surface area contributed by atoms with Crippen LogP contribution in [-0.4, -0.2) is 29.6 Å². The molecule has 0 spiro atoms. The zero-order chi connectivity index (χ0) is 13.9. The molecule has 0 radical (unpaired) electrons. The minimum Gasteiger partial charge on any atom is -0.308 e. The summed E-state index contributed by atoms with van der Waals surface area (Å²) in [5.41, 5.74) is 1.74. The van der Waals surface area contributed by atoms with Gasteiger partial charge in [-0.3, -0.25) is 4.90 Å². The Morgan fingerprint density at radius 2 is 1.89 bits per heavy atom. The second-order valence-corrected chi connectivity index (χ2v) is 6.99. The number of hydrogen-bond acceptors (Lipinski definition) is 2. The molecule has 2 nitrogen and oxygen atoms in total. The van der Waals surface area contributed by atoms with E-state index in [0.717, 1.165) is 19.6 Å². The van der Waals surface area contributed by atoms with Crippen LogP contribution in [-0.2, 0) is 6.54 Å². The summed E-state index contributed by atoms with van der Waals surface area (Å²) in [5.74, 6) is 0. The Labute approximate surface area is 131 Å². The summed E-state index contributed by atoms with van der Waals surface area (Å²) in [7, 11) is 0. The second-order valence-electron chi connectivity index (χ2n) is 5.75. The first-order chi connectivity index (χ1) is 9.08. The lowest BCUT2D eigenvalue weighted by Gasteiger charge is -2.46. The molecule has 0 amide bonds. The predicted octanol–water partition coefficient (Wildman–Crippen LogP) is 3.64. The van der Waals surface area contributed by atoms with Gasteiger partial charge in [0.05, 0.1) is 0 Å². The van der Waals surface area contributed by atoms with Crippen LogP contribution in [0.25, 0.3) is 0 Å². The lowest BCUT2D eigenvalue weighted by molar-refractivity contribution is 0.0746. The molecule has 3 heteroatoms. The van der Waals surface area contributed by atoms with Gasteiger partial charge in [-0.15, -0.1) is 0 Å². The number of rotatable bonds is 4. The highest BCUT2D eigenvalue weighted by Gasteiger charge is 2.34. The molecule has 0 aliphatic carbocycles. The van der Waals surface area contributed by atoms with E-state index in [1.54, 1.807) is 0 Å². The molecule has 1 aliphatic rings. The van der Waals surface area contributed by atoms with Gasteiger partial charge in [-0.2, -0.15) is 0 Å². The molecule has 1 unspecified atom stereocenters. The quantitative estimate of drug-likeness (QED) is 0.812. The van der Waals surface area contributed by atoms with E-state index in [1.165, 1.54) is 22.0 Å². The maximum Gasteiger partial charge on any atom is 0.0304 e. The Hall–Kier alpha value is -0.130. The summed E-state index contributed by atoms with van der Waals surface area (Å²) in [6, 6.07) is 9.54. The van der Waals surface area contributed by atoms with Crippen molar-refractivity contribution in [2.45, 2.75) is 51.7 Å². The third-order valence-electron chi connectivity index (χ3n) is 4.55. The molecule has 1 N–H and O–H groups in total. The Kier molecular flexibility index (Phi) is 5.26. The van der Waals surface area contributed by atoms with Crippen LogP contribution in [0.3, 0.4) is 0 Å². The molecule has 1 heterocycles. The first-order valence-electron chi connectivity index (χ1n) is 7.32. The lowest BCUT2D eigenvalue weighted by Crippen LogP contribution is -2.62. The Bertz CT molecular complexity index is 398. The highest BCUT2D eigenvalue weighted by atomic mass is 127. The molecule has 1 saturated heterocycles. The molecular weight excluding hydrogens is 347 g/mol. The Balaban J connectivity index is 2.07. The maximum atomic E-state index is 3.76. The van der Waals surface area contributed by atoms with Crippen LogP contribution in [0.4, 0.5) is 0 Å². The van der Waals surface area contributed by atoms with Crippen molar-refractivity contribution in [1.29, 1.82) is 0 Å². The van der Waals surface area contributed by atoms with Crippen molar-refractivity contribution in [2.75, 3.05) is 13.1 Å². The van der Waals surface area contributed by atoms with Crippen molar-refractivity contribution in [1.82, 2.24) is 10.2 Å². The smallest absolute Gasteiger partial charge is 0.0304 e. The summed E-state index contributed by atoms with van der Waals surface area (Å²) in [5, 5.41) is 3.76. The fraction of sp³-hybridized carbons (Fsp3) is 0.625. The van der Waals surface area contributed by atoms with Crippen molar-refractivity contribution in [3.8, 4) is 0 Å². The zero-order valence-corrected chi connectivity index (χ0v) is 14.4. The fourth-order valence-corrected chi connectivity index (χ4v) is 3.21. The van der Waals surface area contributed by atoms with Crippen LogP contribution in [0.15, 0.2) is 24.3 Å². The number of nitrogens with zero attached hydrogens (tertiary/aromatic N) is 1. The standard InChI is InChI=1S/C16H25IN2/c1-4-16(5-2)12-19(13(3)10-18-16)11-14-6-8-15(17)9-7-14/h6-9,13,18H,4-5,10-12H2,1-3H3. The molecule has 1 fully saturated rings. The lowest BCUT2D eigenvalue weighted by atomic mass is 9.88. The first kappa shape index (κ1) is 15.3. The second kappa shape index (κ2) is 6.55. The molecule has 106 valence electrons. The third kappa shape index (κ3) is 3.70. The molecule has 2 rings (SSSR count). The fourth-order valence-electron chi connectivity index (χ4n) is 2.85. The number of piperazine rings is 1. The van der Waals surface area contributed by atoms with Gasteiger partial charge in [-0.05, 0) is 60.1 Å². The third-order valence-corrected chi connectivity index (χ3v) is 5.27. The van der Waals surface area contributed by atoms with Crippen LogP contribution >= 0.6 is 22.6 Å². The van der Waals surface area contributed by atoms with Crippen molar-refractivity contribution in [3.05, 3.63) is 33.4 Å².